The van der Waals surface area contributed by atoms with Crippen molar-refractivity contribution in [3.8, 4) is 0 Å². The third-order valence-corrected chi connectivity index (χ3v) is 6.80. The molecule has 0 bridgehead atoms. The minimum absolute atomic E-state index is 0.397. The highest BCUT2D eigenvalue weighted by atomic mass is 35.5. The van der Waals surface area contributed by atoms with Gasteiger partial charge >= 0.3 is 0 Å². The van der Waals surface area contributed by atoms with Crippen molar-refractivity contribution in [2.45, 2.75) is 10.1 Å². The molecule has 0 saturated heterocycles. The van der Waals surface area contributed by atoms with E-state index in [4.69, 9.17) is 46.4 Å². The second-order valence-electron chi connectivity index (χ2n) is 4.66. The molecule has 3 rings (SSSR count). The second-order valence-corrected chi connectivity index (χ2v) is 8.94. The van der Waals surface area contributed by atoms with Crippen molar-refractivity contribution in [2.24, 2.45) is 0 Å². The Morgan fingerprint density at radius 1 is 1.04 bits per heavy atom. The third kappa shape index (κ3) is 4.00. The summed E-state index contributed by atoms with van der Waals surface area (Å²) in [7, 11) is -1.26. The SMILES string of the molecule is O=S(CCSc1nnc2c(Cl)cc(Cl)cn12)c1cc(Cl)ccc1Cl. The smallest absolute Gasteiger partial charge is 0.195 e. The predicted octanol–water partition coefficient (Wildman–Crippen LogP) is 5.24. The van der Waals surface area contributed by atoms with E-state index in [1.165, 1.54) is 11.8 Å². The molecule has 0 saturated carbocycles. The fourth-order valence-electron chi connectivity index (χ4n) is 1.97. The number of rotatable bonds is 5. The average molecular weight is 441 g/mol. The molecule has 3 aromatic rings. The normalized spacial score (nSPS) is 12.7. The molecule has 0 aliphatic carbocycles. The standard InChI is InChI=1S/C14H9Cl4N3OS2/c15-8-1-2-10(17)12(6-8)24(22)4-3-23-14-20-19-13-11(18)5-9(16)7-21(13)14/h1-2,5-7H,3-4H2. The Kier molecular flexibility index (Phi) is 5.95. The molecular formula is C14H9Cl4N3OS2. The van der Waals surface area contributed by atoms with E-state index in [0.29, 0.717) is 47.3 Å². The van der Waals surface area contributed by atoms with Gasteiger partial charge in [0.2, 0.25) is 0 Å². The van der Waals surface area contributed by atoms with Gasteiger partial charge in [-0.3, -0.25) is 8.61 Å². The van der Waals surface area contributed by atoms with Crippen LogP contribution >= 0.6 is 58.2 Å². The number of hydrogen-bond donors (Lipinski definition) is 0. The maximum atomic E-state index is 12.4. The zero-order chi connectivity index (χ0) is 17.3. The zero-order valence-electron chi connectivity index (χ0n) is 11.9. The van der Waals surface area contributed by atoms with Gasteiger partial charge in [0.15, 0.2) is 10.8 Å². The summed E-state index contributed by atoms with van der Waals surface area (Å²) in [6, 6.07) is 6.53. The van der Waals surface area contributed by atoms with Gasteiger partial charge in [0, 0.05) is 22.7 Å². The Hall–Kier alpha value is -0.500. The van der Waals surface area contributed by atoms with Gasteiger partial charge < -0.3 is 0 Å². The molecule has 0 aliphatic heterocycles. The lowest BCUT2D eigenvalue weighted by molar-refractivity contribution is 0.684. The highest BCUT2D eigenvalue weighted by molar-refractivity contribution is 8.00. The van der Waals surface area contributed by atoms with E-state index in [0.717, 1.165) is 0 Å². The van der Waals surface area contributed by atoms with Crippen LogP contribution < -0.4 is 0 Å². The summed E-state index contributed by atoms with van der Waals surface area (Å²) in [6.45, 7) is 0. The maximum absolute atomic E-state index is 12.4. The van der Waals surface area contributed by atoms with Crippen LogP contribution in [-0.4, -0.2) is 30.3 Å². The van der Waals surface area contributed by atoms with E-state index < -0.39 is 10.8 Å². The van der Waals surface area contributed by atoms with Crippen LogP contribution in [0.1, 0.15) is 0 Å². The van der Waals surface area contributed by atoms with Gasteiger partial charge in [-0.15, -0.1) is 10.2 Å². The molecule has 4 nitrogen and oxygen atoms in total. The van der Waals surface area contributed by atoms with Crippen LogP contribution in [0.3, 0.4) is 0 Å². The van der Waals surface area contributed by atoms with Crippen molar-refractivity contribution >= 4 is 74.6 Å². The van der Waals surface area contributed by atoms with Gasteiger partial charge in [0.25, 0.3) is 0 Å². The summed E-state index contributed by atoms with van der Waals surface area (Å²) in [5.41, 5.74) is 0.530. The van der Waals surface area contributed by atoms with Gasteiger partial charge in [-0.1, -0.05) is 58.2 Å². The molecule has 2 heterocycles. The molecule has 1 aromatic carbocycles. The van der Waals surface area contributed by atoms with Gasteiger partial charge in [0.1, 0.15) is 0 Å². The second kappa shape index (κ2) is 7.81. The molecule has 0 spiro atoms. The van der Waals surface area contributed by atoms with Gasteiger partial charge in [-0.25, -0.2) is 0 Å². The molecule has 0 aliphatic rings. The Morgan fingerprint density at radius 2 is 1.83 bits per heavy atom. The summed E-state index contributed by atoms with van der Waals surface area (Å²) in [5.74, 6) is 0.953. The van der Waals surface area contributed by atoms with E-state index in [1.807, 2.05) is 0 Å². The Bertz CT molecular complexity index is 932. The number of nitrogens with zero attached hydrogens (tertiary/aromatic N) is 3. The minimum Gasteiger partial charge on any atom is -0.275 e. The van der Waals surface area contributed by atoms with E-state index in [1.54, 1.807) is 34.9 Å². The number of aromatic nitrogens is 3. The number of fused-ring (bicyclic) bond motifs is 1. The molecule has 0 fully saturated rings. The van der Waals surface area contributed by atoms with E-state index in [-0.39, 0.29) is 0 Å². The lowest BCUT2D eigenvalue weighted by Gasteiger charge is -2.05. The van der Waals surface area contributed by atoms with Crippen LogP contribution in [-0.2, 0) is 10.8 Å². The fourth-order valence-corrected chi connectivity index (χ4v) is 5.35. The highest BCUT2D eigenvalue weighted by Gasteiger charge is 2.13. The first-order valence-corrected chi connectivity index (χ1v) is 10.4. The molecule has 126 valence electrons. The average Bonchev–Trinajstić information content (AvgIpc) is 2.93. The summed E-state index contributed by atoms with van der Waals surface area (Å²) < 4.78 is 14.1. The number of pyridine rings is 1. The van der Waals surface area contributed by atoms with Crippen LogP contribution in [0.25, 0.3) is 5.65 Å². The highest BCUT2D eigenvalue weighted by Crippen LogP contribution is 2.27. The van der Waals surface area contributed by atoms with E-state index in [2.05, 4.69) is 10.2 Å². The van der Waals surface area contributed by atoms with E-state index >= 15 is 0 Å². The van der Waals surface area contributed by atoms with Crippen LogP contribution in [0, 0.1) is 0 Å². The molecule has 0 N–H and O–H groups in total. The van der Waals surface area contributed by atoms with Crippen molar-refractivity contribution in [2.75, 3.05) is 11.5 Å². The number of thioether (sulfide) groups is 1. The lowest BCUT2D eigenvalue weighted by atomic mass is 10.4. The Balaban J connectivity index is 1.71. The number of benzene rings is 1. The summed E-state index contributed by atoms with van der Waals surface area (Å²) in [4.78, 5) is 0.530. The molecule has 1 atom stereocenters. The monoisotopic (exact) mass is 439 g/mol. The van der Waals surface area contributed by atoms with Crippen molar-refractivity contribution in [3.05, 3.63) is 50.6 Å². The molecule has 24 heavy (non-hydrogen) atoms. The molecule has 10 heteroatoms. The largest absolute Gasteiger partial charge is 0.275 e. The van der Waals surface area contributed by atoms with Crippen molar-refractivity contribution in [1.82, 2.24) is 14.6 Å². The molecule has 0 radical (unpaired) electrons. The Labute approximate surface area is 164 Å². The van der Waals surface area contributed by atoms with Crippen molar-refractivity contribution in [3.63, 3.8) is 0 Å². The minimum atomic E-state index is -1.26. The maximum Gasteiger partial charge on any atom is 0.195 e. The van der Waals surface area contributed by atoms with Gasteiger partial charge in [0.05, 0.1) is 30.8 Å². The number of hydrogen-bond acceptors (Lipinski definition) is 4. The van der Waals surface area contributed by atoms with Crippen molar-refractivity contribution < 1.29 is 4.21 Å². The first kappa shape index (κ1) is 18.3. The topological polar surface area (TPSA) is 47.3 Å². The molecular weight excluding hydrogens is 432 g/mol. The first-order valence-electron chi connectivity index (χ1n) is 6.61. The Morgan fingerprint density at radius 3 is 2.62 bits per heavy atom. The third-order valence-electron chi connectivity index (χ3n) is 3.03. The quantitative estimate of drug-likeness (QED) is 0.508. The molecule has 0 amide bonds. The van der Waals surface area contributed by atoms with Crippen LogP contribution in [0.4, 0.5) is 0 Å². The van der Waals surface area contributed by atoms with Crippen LogP contribution in [0.15, 0.2) is 40.5 Å². The van der Waals surface area contributed by atoms with Crippen LogP contribution in [0.2, 0.25) is 20.1 Å². The summed E-state index contributed by atoms with van der Waals surface area (Å²) >= 11 is 25.5. The lowest BCUT2D eigenvalue weighted by Crippen LogP contribution is -2.02. The number of halogens is 4. The van der Waals surface area contributed by atoms with Gasteiger partial charge in [-0.2, -0.15) is 0 Å². The molecule has 1 unspecified atom stereocenters. The molecule has 2 aromatic heterocycles. The van der Waals surface area contributed by atoms with Crippen molar-refractivity contribution in [1.29, 1.82) is 0 Å². The predicted molar refractivity (Wildman–Crippen MR) is 101 cm³/mol. The van der Waals surface area contributed by atoms with E-state index in [9.17, 15) is 4.21 Å². The summed E-state index contributed by atoms with van der Waals surface area (Å²) in [5, 5.41) is 10.6. The first-order chi connectivity index (χ1) is 11.5. The van der Waals surface area contributed by atoms with Gasteiger partial charge in [-0.05, 0) is 24.3 Å². The fraction of sp³-hybridized carbons (Fsp3) is 0.143. The summed E-state index contributed by atoms with van der Waals surface area (Å²) in [6.07, 6.45) is 1.69. The zero-order valence-corrected chi connectivity index (χ0v) is 16.5. The van der Waals surface area contributed by atoms with Crippen LogP contribution in [0.5, 0.6) is 0 Å².